The van der Waals surface area contributed by atoms with Crippen LogP contribution in [0.2, 0.25) is 0 Å². The van der Waals surface area contributed by atoms with Crippen LogP contribution in [0.25, 0.3) is 0 Å². The monoisotopic (exact) mass is 454 g/mol. The third-order valence-electron chi connectivity index (χ3n) is 5.33. The molecule has 0 aromatic carbocycles. The first-order valence-corrected chi connectivity index (χ1v) is 11.4. The summed E-state index contributed by atoms with van der Waals surface area (Å²) in [6.45, 7) is 7.52. The number of aryl methyl sites for hydroxylation is 1. The fourth-order valence-corrected chi connectivity index (χ4v) is 5.01. The normalized spacial score (nSPS) is 21.7. The summed E-state index contributed by atoms with van der Waals surface area (Å²) in [6.07, 6.45) is 2.31. The number of amides is 1. The van der Waals surface area contributed by atoms with Crippen molar-refractivity contribution in [2.45, 2.75) is 58.6 Å². The second-order valence-corrected chi connectivity index (χ2v) is 8.64. The number of carbonyl (C=O) groups is 2. The van der Waals surface area contributed by atoms with Gasteiger partial charge in [0.05, 0.1) is 12.1 Å². The molecule has 0 unspecified atom stereocenters. The lowest BCUT2D eigenvalue weighted by Gasteiger charge is -2.38. The van der Waals surface area contributed by atoms with Crippen molar-refractivity contribution in [1.82, 2.24) is 10.3 Å². The van der Waals surface area contributed by atoms with E-state index in [4.69, 9.17) is 16.3 Å². The number of hydrogen-bond donors (Lipinski definition) is 2. The Morgan fingerprint density at radius 3 is 2.67 bits per heavy atom. The highest BCUT2D eigenvalue weighted by atomic mass is 35.5. The summed E-state index contributed by atoms with van der Waals surface area (Å²) in [6, 6.07) is -0.162. The number of nitrogens with zero attached hydrogens (tertiary/aromatic N) is 3. The van der Waals surface area contributed by atoms with Gasteiger partial charge in [0.25, 0.3) is 5.91 Å². The van der Waals surface area contributed by atoms with Crippen molar-refractivity contribution in [3.05, 3.63) is 21.3 Å². The molecular weight excluding hydrogens is 428 g/mol. The molecule has 1 aromatic heterocycles. The second kappa shape index (κ2) is 9.89. The van der Waals surface area contributed by atoms with Gasteiger partial charge in [-0.25, -0.2) is 14.8 Å². The summed E-state index contributed by atoms with van der Waals surface area (Å²) >= 11 is 7.51. The van der Waals surface area contributed by atoms with Crippen molar-refractivity contribution in [2.75, 3.05) is 24.6 Å². The predicted octanol–water partition coefficient (Wildman–Crippen LogP) is 3.21. The van der Waals surface area contributed by atoms with Gasteiger partial charge >= 0.3 is 5.97 Å². The summed E-state index contributed by atoms with van der Waals surface area (Å²) in [5, 5.41) is 13.5. The number of thiazole rings is 1. The molecule has 0 spiro atoms. The molecule has 0 saturated carbocycles. The summed E-state index contributed by atoms with van der Waals surface area (Å²) < 4.78 is 5.91. The molecule has 3 rings (SSSR count). The number of hydrogen-bond acceptors (Lipinski definition) is 7. The molecule has 0 radical (unpaired) electrons. The first kappa shape index (κ1) is 22.7. The van der Waals surface area contributed by atoms with Gasteiger partial charge in [-0.2, -0.15) is 0 Å². The van der Waals surface area contributed by atoms with E-state index in [9.17, 15) is 14.7 Å². The highest BCUT2D eigenvalue weighted by Crippen LogP contribution is 2.30. The smallest absolute Gasteiger partial charge is 0.355 e. The van der Waals surface area contributed by atoms with Crippen molar-refractivity contribution < 1.29 is 19.4 Å². The fourth-order valence-electron chi connectivity index (χ4n) is 3.69. The molecular formula is C20H27ClN4O4S. The van der Waals surface area contributed by atoms with Gasteiger partial charge in [0.2, 0.25) is 0 Å². The third kappa shape index (κ3) is 4.84. The van der Waals surface area contributed by atoms with Crippen LogP contribution in [-0.2, 0) is 16.0 Å². The zero-order valence-corrected chi connectivity index (χ0v) is 19.0. The lowest BCUT2D eigenvalue weighted by atomic mass is 10.0. The van der Waals surface area contributed by atoms with E-state index >= 15 is 0 Å². The number of piperidine rings is 1. The first-order chi connectivity index (χ1) is 14.4. The molecule has 1 saturated heterocycles. The standard InChI is InChI=1S/C20H27ClN4O4S/c1-4-11-9-13(22-17(11)21)18(26)23-12-7-8-25(10-14(12)29-6-3)20-24-16(19(27)28)15(5-2)30-20/h12,14H,4-10H2,1-3H3,(H,23,26)(H,27,28)/t12-,14+/m1/s1. The summed E-state index contributed by atoms with van der Waals surface area (Å²) in [5.74, 6) is -1.22. The van der Waals surface area contributed by atoms with Crippen LogP contribution in [0.15, 0.2) is 15.7 Å². The van der Waals surface area contributed by atoms with Gasteiger partial charge in [-0.05, 0) is 31.8 Å². The average molecular weight is 455 g/mol. The highest BCUT2D eigenvalue weighted by molar-refractivity contribution is 7.15. The van der Waals surface area contributed by atoms with Crippen molar-refractivity contribution in [3.8, 4) is 0 Å². The third-order valence-corrected chi connectivity index (χ3v) is 6.94. The van der Waals surface area contributed by atoms with Crippen LogP contribution in [0.4, 0.5) is 5.13 Å². The minimum absolute atomic E-state index is 0.122. The number of carbonyl (C=O) groups excluding carboxylic acids is 1. The molecule has 2 aliphatic heterocycles. The van der Waals surface area contributed by atoms with Crippen LogP contribution in [0, 0.1) is 0 Å². The Labute approximate surface area is 185 Å². The summed E-state index contributed by atoms with van der Waals surface area (Å²) in [4.78, 5) is 35.5. The maximum atomic E-state index is 12.7. The van der Waals surface area contributed by atoms with E-state index in [2.05, 4.69) is 15.3 Å². The van der Waals surface area contributed by atoms with E-state index in [1.165, 1.54) is 11.3 Å². The van der Waals surface area contributed by atoms with Gasteiger partial charge in [0, 0.05) is 31.0 Å². The number of aliphatic imine (C=N–C) groups is 1. The Morgan fingerprint density at radius 1 is 1.33 bits per heavy atom. The topological polar surface area (TPSA) is 104 Å². The minimum atomic E-state index is -1.01. The molecule has 1 amide bonds. The number of anilines is 1. The molecule has 0 aliphatic carbocycles. The quantitative estimate of drug-likeness (QED) is 0.584. The van der Waals surface area contributed by atoms with Crippen LogP contribution in [-0.4, -0.2) is 59.5 Å². The SMILES string of the molecule is CCO[C@H]1CN(c2nc(C(=O)O)c(CC)s2)CC[C@H]1NC(=O)C1=NC(Cl)=C(CC)C1. The predicted molar refractivity (Wildman–Crippen MR) is 118 cm³/mol. The Hall–Kier alpha value is -1.97. The van der Waals surface area contributed by atoms with Crippen molar-refractivity contribution in [3.63, 3.8) is 0 Å². The molecule has 164 valence electrons. The molecule has 1 fully saturated rings. The van der Waals surface area contributed by atoms with Crippen LogP contribution < -0.4 is 10.2 Å². The van der Waals surface area contributed by atoms with E-state index in [-0.39, 0.29) is 23.7 Å². The Bertz CT molecular complexity index is 882. The number of halogens is 1. The first-order valence-electron chi connectivity index (χ1n) is 10.2. The van der Waals surface area contributed by atoms with Gasteiger partial charge in [0.1, 0.15) is 10.9 Å². The number of nitrogens with one attached hydrogen (secondary N) is 1. The summed E-state index contributed by atoms with van der Waals surface area (Å²) in [5.41, 5.74) is 1.53. The van der Waals surface area contributed by atoms with Crippen LogP contribution in [0.3, 0.4) is 0 Å². The van der Waals surface area contributed by atoms with E-state index in [1.807, 2.05) is 25.7 Å². The molecule has 2 atom stereocenters. The molecule has 2 aliphatic rings. The van der Waals surface area contributed by atoms with Gasteiger partial charge in [-0.15, -0.1) is 11.3 Å². The summed E-state index contributed by atoms with van der Waals surface area (Å²) in [7, 11) is 0. The Kier molecular flexibility index (Phi) is 7.49. The molecule has 10 heteroatoms. The van der Waals surface area contributed by atoms with Crippen molar-refractivity contribution in [1.29, 1.82) is 0 Å². The van der Waals surface area contributed by atoms with Gasteiger partial charge in [0.15, 0.2) is 10.8 Å². The maximum Gasteiger partial charge on any atom is 0.355 e. The minimum Gasteiger partial charge on any atom is -0.476 e. The molecule has 30 heavy (non-hydrogen) atoms. The average Bonchev–Trinajstić information content (AvgIpc) is 3.33. The number of carboxylic acids is 1. The van der Waals surface area contributed by atoms with Gasteiger partial charge in [-0.1, -0.05) is 25.4 Å². The van der Waals surface area contributed by atoms with Crippen molar-refractivity contribution in [2.24, 2.45) is 4.99 Å². The molecule has 8 nitrogen and oxygen atoms in total. The Morgan fingerprint density at radius 2 is 2.10 bits per heavy atom. The number of aromatic nitrogens is 1. The highest BCUT2D eigenvalue weighted by Gasteiger charge is 2.34. The van der Waals surface area contributed by atoms with Crippen LogP contribution in [0.5, 0.6) is 0 Å². The lowest BCUT2D eigenvalue weighted by Crippen LogP contribution is -2.56. The fraction of sp³-hybridized carbons (Fsp3) is 0.600. The number of carboxylic acid groups (broad SMARTS) is 1. The largest absolute Gasteiger partial charge is 0.476 e. The van der Waals surface area contributed by atoms with Crippen LogP contribution in [0.1, 0.15) is 55.4 Å². The maximum absolute atomic E-state index is 12.7. The number of allylic oxidation sites excluding steroid dienone is 1. The molecule has 0 bridgehead atoms. The van der Waals surface area contributed by atoms with E-state index in [0.717, 1.165) is 16.9 Å². The van der Waals surface area contributed by atoms with E-state index in [1.54, 1.807) is 0 Å². The van der Waals surface area contributed by atoms with Crippen molar-refractivity contribution >= 4 is 45.7 Å². The number of rotatable bonds is 8. The second-order valence-electron chi connectivity index (χ2n) is 7.22. The van der Waals surface area contributed by atoms with Crippen LogP contribution >= 0.6 is 22.9 Å². The lowest BCUT2D eigenvalue weighted by molar-refractivity contribution is -0.117. The van der Waals surface area contributed by atoms with E-state index in [0.29, 0.717) is 55.0 Å². The van der Waals surface area contributed by atoms with Gasteiger partial charge < -0.3 is 20.1 Å². The zero-order valence-electron chi connectivity index (χ0n) is 17.4. The zero-order chi connectivity index (χ0) is 21.8. The number of ether oxygens (including phenoxy) is 1. The molecule has 1 aromatic rings. The Balaban J connectivity index is 1.68. The van der Waals surface area contributed by atoms with Gasteiger partial charge in [-0.3, -0.25) is 4.79 Å². The molecule has 2 N–H and O–H groups in total. The van der Waals surface area contributed by atoms with E-state index < -0.39 is 5.97 Å². The molecule has 3 heterocycles. The number of aromatic carboxylic acids is 1.